The molecule has 1 atom stereocenters. The minimum Gasteiger partial charge on any atom is -0.493 e. The molecule has 20 heavy (non-hydrogen) atoms. The molecule has 1 fully saturated rings. The Bertz CT molecular complexity index is 488. The number of rotatable bonds is 5. The highest BCUT2D eigenvalue weighted by atomic mass is 79.9. The molecule has 1 unspecified atom stereocenters. The van der Waals surface area contributed by atoms with Crippen LogP contribution in [0.5, 0.6) is 11.5 Å². The number of carbonyl (C=O) groups excluding carboxylic acids is 1. The van der Waals surface area contributed by atoms with Gasteiger partial charge in [-0.25, -0.2) is 0 Å². The first-order valence-corrected chi connectivity index (χ1v) is 7.36. The lowest BCUT2D eigenvalue weighted by Gasteiger charge is -2.14. The normalized spacial score (nSPS) is 17.9. The summed E-state index contributed by atoms with van der Waals surface area (Å²) in [6.07, 6.45) is 1.96. The molecule has 0 saturated carbocycles. The van der Waals surface area contributed by atoms with Gasteiger partial charge < -0.3 is 20.1 Å². The van der Waals surface area contributed by atoms with Crippen molar-refractivity contribution < 1.29 is 14.3 Å². The first-order valence-electron chi connectivity index (χ1n) is 6.57. The minimum absolute atomic E-state index is 0.0455. The highest BCUT2D eigenvalue weighted by Gasteiger charge is 2.21. The van der Waals surface area contributed by atoms with Crippen molar-refractivity contribution in [3.63, 3.8) is 0 Å². The van der Waals surface area contributed by atoms with Crippen molar-refractivity contribution in [1.82, 2.24) is 10.6 Å². The molecule has 1 saturated heterocycles. The van der Waals surface area contributed by atoms with E-state index in [-0.39, 0.29) is 11.9 Å². The van der Waals surface area contributed by atoms with Crippen LogP contribution in [0.4, 0.5) is 0 Å². The van der Waals surface area contributed by atoms with Gasteiger partial charge in [0.1, 0.15) is 0 Å². The van der Waals surface area contributed by atoms with E-state index in [9.17, 15) is 4.79 Å². The molecule has 0 aliphatic carbocycles. The Kier molecular flexibility index (Phi) is 5.25. The molecule has 1 aromatic carbocycles. The van der Waals surface area contributed by atoms with Crippen molar-refractivity contribution in [2.24, 2.45) is 0 Å². The summed E-state index contributed by atoms with van der Waals surface area (Å²) >= 11 is 3.48. The van der Waals surface area contributed by atoms with E-state index in [2.05, 4.69) is 26.6 Å². The maximum Gasteiger partial charge on any atom is 0.237 e. The van der Waals surface area contributed by atoms with Crippen LogP contribution in [-0.4, -0.2) is 32.7 Å². The van der Waals surface area contributed by atoms with E-state index in [0.29, 0.717) is 18.0 Å². The van der Waals surface area contributed by atoms with Crippen LogP contribution in [0.2, 0.25) is 0 Å². The molecule has 0 aromatic heterocycles. The van der Waals surface area contributed by atoms with E-state index in [0.717, 1.165) is 29.4 Å². The van der Waals surface area contributed by atoms with Crippen molar-refractivity contribution >= 4 is 21.8 Å². The van der Waals surface area contributed by atoms with E-state index < -0.39 is 0 Å². The largest absolute Gasteiger partial charge is 0.493 e. The molecular formula is C14H19BrN2O3. The quantitative estimate of drug-likeness (QED) is 0.857. The van der Waals surface area contributed by atoms with Crippen molar-refractivity contribution in [2.45, 2.75) is 25.4 Å². The third-order valence-corrected chi connectivity index (χ3v) is 4.12. The fourth-order valence-electron chi connectivity index (χ4n) is 2.25. The number of amides is 1. The highest BCUT2D eigenvalue weighted by Crippen LogP contribution is 2.33. The first kappa shape index (κ1) is 15.1. The average molecular weight is 343 g/mol. The Balaban J connectivity index is 2.03. The number of ether oxygens (including phenoxy) is 2. The Morgan fingerprint density at radius 1 is 1.40 bits per heavy atom. The zero-order valence-electron chi connectivity index (χ0n) is 11.7. The molecule has 0 bridgehead atoms. The lowest BCUT2D eigenvalue weighted by atomic mass is 10.1. The van der Waals surface area contributed by atoms with Gasteiger partial charge in [-0.2, -0.15) is 0 Å². The van der Waals surface area contributed by atoms with E-state index in [1.807, 2.05) is 12.1 Å². The molecule has 1 aliphatic heterocycles. The average Bonchev–Trinajstić information content (AvgIpc) is 2.99. The van der Waals surface area contributed by atoms with Gasteiger partial charge >= 0.3 is 0 Å². The summed E-state index contributed by atoms with van der Waals surface area (Å²) < 4.78 is 11.4. The van der Waals surface area contributed by atoms with Crippen LogP contribution in [0.15, 0.2) is 16.6 Å². The maximum atomic E-state index is 12.0. The monoisotopic (exact) mass is 342 g/mol. The number of hydrogen-bond donors (Lipinski definition) is 2. The molecule has 1 aliphatic rings. The predicted molar refractivity (Wildman–Crippen MR) is 80.1 cm³/mol. The standard InChI is InChI=1S/C14H19BrN2O3/c1-19-12-6-9(10(15)7-13(12)20-2)8-17-14(18)11-4-3-5-16-11/h6-7,11,16H,3-5,8H2,1-2H3,(H,17,18). The van der Waals surface area contributed by atoms with E-state index >= 15 is 0 Å². The smallest absolute Gasteiger partial charge is 0.237 e. The number of methoxy groups -OCH3 is 2. The van der Waals surface area contributed by atoms with Gasteiger partial charge in [-0.15, -0.1) is 0 Å². The third kappa shape index (κ3) is 3.43. The summed E-state index contributed by atoms with van der Waals surface area (Å²) in [5.74, 6) is 1.36. The van der Waals surface area contributed by atoms with Crippen LogP contribution in [0, 0.1) is 0 Å². The van der Waals surface area contributed by atoms with E-state index in [1.54, 1.807) is 14.2 Å². The Morgan fingerprint density at radius 3 is 2.70 bits per heavy atom. The van der Waals surface area contributed by atoms with Gasteiger partial charge in [-0.1, -0.05) is 15.9 Å². The highest BCUT2D eigenvalue weighted by molar-refractivity contribution is 9.10. The number of nitrogens with one attached hydrogen (secondary N) is 2. The zero-order valence-corrected chi connectivity index (χ0v) is 13.2. The van der Waals surface area contributed by atoms with Gasteiger partial charge in [-0.3, -0.25) is 4.79 Å². The lowest BCUT2D eigenvalue weighted by Crippen LogP contribution is -2.40. The van der Waals surface area contributed by atoms with Gasteiger partial charge in [0.25, 0.3) is 0 Å². The first-order chi connectivity index (χ1) is 9.65. The second kappa shape index (κ2) is 6.95. The second-order valence-corrected chi connectivity index (χ2v) is 5.52. The minimum atomic E-state index is -0.0612. The van der Waals surface area contributed by atoms with Gasteiger partial charge in [-0.05, 0) is 37.1 Å². The summed E-state index contributed by atoms with van der Waals surface area (Å²) in [6.45, 7) is 1.37. The molecule has 6 heteroatoms. The van der Waals surface area contributed by atoms with Crippen molar-refractivity contribution in [3.8, 4) is 11.5 Å². The number of benzene rings is 1. The van der Waals surface area contributed by atoms with Crippen molar-refractivity contribution in [1.29, 1.82) is 0 Å². The van der Waals surface area contributed by atoms with Gasteiger partial charge in [0, 0.05) is 11.0 Å². The third-order valence-electron chi connectivity index (χ3n) is 3.38. The zero-order chi connectivity index (χ0) is 14.5. The Morgan fingerprint density at radius 2 is 2.10 bits per heavy atom. The van der Waals surface area contributed by atoms with Gasteiger partial charge in [0.2, 0.25) is 5.91 Å². The Labute approximate surface area is 127 Å². The molecule has 5 nitrogen and oxygen atoms in total. The Hall–Kier alpha value is -1.27. The molecule has 1 amide bonds. The molecule has 2 rings (SSSR count). The fourth-order valence-corrected chi connectivity index (χ4v) is 2.71. The lowest BCUT2D eigenvalue weighted by molar-refractivity contribution is -0.122. The maximum absolute atomic E-state index is 12.0. The SMILES string of the molecule is COc1cc(Br)c(CNC(=O)C2CCCN2)cc1OC. The molecule has 110 valence electrons. The van der Waals surface area contributed by atoms with Crippen LogP contribution in [0.1, 0.15) is 18.4 Å². The van der Waals surface area contributed by atoms with Crippen molar-refractivity contribution in [3.05, 3.63) is 22.2 Å². The number of halogens is 1. The fraction of sp³-hybridized carbons (Fsp3) is 0.500. The van der Waals surface area contributed by atoms with Crippen LogP contribution >= 0.6 is 15.9 Å². The van der Waals surface area contributed by atoms with E-state index in [4.69, 9.17) is 9.47 Å². The van der Waals surface area contributed by atoms with Crippen LogP contribution in [-0.2, 0) is 11.3 Å². The summed E-state index contributed by atoms with van der Waals surface area (Å²) in [5, 5.41) is 6.12. The number of hydrogen-bond acceptors (Lipinski definition) is 4. The summed E-state index contributed by atoms with van der Waals surface area (Å²) in [6, 6.07) is 3.65. The van der Waals surface area contributed by atoms with Crippen molar-refractivity contribution in [2.75, 3.05) is 20.8 Å². The molecule has 0 radical (unpaired) electrons. The topological polar surface area (TPSA) is 59.6 Å². The van der Waals surface area contributed by atoms with Crippen LogP contribution in [0.25, 0.3) is 0 Å². The molecule has 1 heterocycles. The van der Waals surface area contributed by atoms with E-state index in [1.165, 1.54) is 0 Å². The molecule has 1 aromatic rings. The van der Waals surface area contributed by atoms with Crippen LogP contribution < -0.4 is 20.1 Å². The van der Waals surface area contributed by atoms with Gasteiger partial charge in [0.05, 0.1) is 20.3 Å². The molecule has 2 N–H and O–H groups in total. The van der Waals surface area contributed by atoms with Crippen LogP contribution in [0.3, 0.4) is 0 Å². The molecular weight excluding hydrogens is 324 g/mol. The summed E-state index contributed by atoms with van der Waals surface area (Å²) in [4.78, 5) is 12.0. The van der Waals surface area contributed by atoms with Gasteiger partial charge in [0.15, 0.2) is 11.5 Å². The second-order valence-electron chi connectivity index (χ2n) is 4.67. The summed E-state index contributed by atoms with van der Waals surface area (Å²) in [7, 11) is 3.19. The summed E-state index contributed by atoms with van der Waals surface area (Å²) in [5.41, 5.74) is 0.953. The molecule has 0 spiro atoms. The number of carbonyl (C=O) groups is 1. The predicted octanol–water partition coefficient (Wildman–Crippen LogP) is 1.83.